The van der Waals surface area contributed by atoms with Crippen molar-refractivity contribution in [2.45, 2.75) is 31.7 Å². The number of aromatic nitrogens is 1. The minimum absolute atomic E-state index is 0.0202. The van der Waals surface area contributed by atoms with E-state index in [9.17, 15) is 10.1 Å². The van der Waals surface area contributed by atoms with Crippen LogP contribution in [0.15, 0.2) is 12.1 Å². The lowest BCUT2D eigenvalue weighted by Crippen LogP contribution is -2.26. The van der Waals surface area contributed by atoms with Crippen LogP contribution in [0.4, 0.5) is 17.3 Å². The first-order valence-electron chi connectivity index (χ1n) is 6.31. The van der Waals surface area contributed by atoms with Crippen molar-refractivity contribution in [3.05, 3.63) is 22.2 Å². The number of nitrogen functional groups attached to an aromatic ring is 1. The fraction of sp³-hybridized carbons (Fsp3) is 0.583. The van der Waals surface area contributed by atoms with Crippen LogP contribution in [0, 0.1) is 22.0 Å². The normalized spacial score (nSPS) is 29.4. The summed E-state index contributed by atoms with van der Waals surface area (Å²) in [4.78, 5) is 14.2. The highest BCUT2D eigenvalue weighted by Gasteiger charge is 2.39. The maximum Gasteiger partial charge on any atom is 0.311 e. The molecule has 6 nitrogen and oxygen atoms in total. The quantitative estimate of drug-likeness (QED) is 0.631. The number of nitro groups is 1. The summed E-state index contributed by atoms with van der Waals surface area (Å²) in [6, 6.07) is 3.51. The van der Waals surface area contributed by atoms with Gasteiger partial charge in [0.1, 0.15) is 5.82 Å². The summed E-state index contributed by atoms with van der Waals surface area (Å²) in [7, 11) is 0. The standard InChI is InChI=1S/C12H16N4O2/c13-12-10(16(17)18)3-4-11(15-12)14-9-6-7-1-2-8(9)5-7/h3-4,7-9H,1-2,5-6H2,(H3,13,14,15). The summed E-state index contributed by atoms with van der Waals surface area (Å²) in [5, 5.41) is 14.0. The Bertz CT molecular complexity index is 491. The summed E-state index contributed by atoms with van der Waals surface area (Å²) in [6.45, 7) is 0. The van der Waals surface area contributed by atoms with Crippen molar-refractivity contribution in [1.29, 1.82) is 0 Å². The van der Waals surface area contributed by atoms with E-state index in [1.54, 1.807) is 6.07 Å². The summed E-state index contributed by atoms with van der Waals surface area (Å²) < 4.78 is 0. The van der Waals surface area contributed by atoms with Crippen molar-refractivity contribution in [3.63, 3.8) is 0 Å². The lowest BCUT2D eigenvalue weighted by atomic mass is 9.95. The molecule has 3 rings (SSSR count). The molecule has 3 N–H and O–H groups in total. The van der Waals surface area contributed by atoms with E-state index in [2.05, 4.69) is 10.3 Å². The highest BCUT2D eigenvalue weighted by molar-refractivity contribution is 5.57. The smallest absolute Gasteiger partial charge is 0.311 e. The Balaban J connectivity index is 1.74. The molecule has 2 aliphatic carbocycles. The number of nitrogens with two attached hydrogens (primary N) is 1. The summed E-state index contributed by atoms with van der Waals surface area (Å²) >= 11 is 0. The van der Waals surface area contributed by atoms with Gasteiger partial charge in [-0.2, -0.15) is 0 Å². The third-order valence-electron chi connectivity index (χ3n) is 4.17. The molecule has 0 saturated heterocycles. The van der Waals surface area contributed by atoms with E-state index in [-0.39, 0.29) is 11.5 Å². The van der Waals surface area contributed by atoms with Crippen LogP contribution in [0.2, 0.25) is 0 Å². The molecule has 0 amide bonds. The molecule has 2 aliphatic rings. The van der Waals surface area contributed by atoms with Crippen LogP contribution in [0.3, 0.4) is 0 Å². The highest BCUT2D eigenvalue weighted by atomic mass is 16.6. The Labute approximate surface area is 105 Å². The first kappa shape index (κ1) is 11.3. The lowest BCUT2D eigenvalue weighted by molar-refractivity contribution is -0.384. The maximum atomic E-state index is 10.6. The number of anilines is 2. The van der Waals surface area contributed by atoms with Crippen molar-refractivity contribution in [2.24, 2.45) is 11.8 Å². The van der Waals surface area contributed by atoms with Gasteiger partial charge < -0.3 is 11.1 Å². The second kappa shape index (κ2) is 4.12. The minimum atomic E-state index is -0.510. The largest absolute Gasteiger partial charge is 0.378 e. The molecule has 2 fully saturated rings. The van der Waals surface area contributed by atoms with Crippen LogP contribution in [-0.4, -0.2) is 15.9 Å². The molecule has 1 heterocycles. The maximum absolute atomic E-state index is 10.6. The van der Waals surface area contributed by atoms with Crippen LogP contribution >= 0.6 is 0 Å². The average Bonchev–Trinajstić information content (AvgIpc) is 2.90. The van der Waals surface area contributed by atoms with Crippen molar-refractivity contribution < 1.29 is 4.92 Å². The highest BCUT2D eigenvalue weighted by Crippen LogP contribution is 2.45. The molecule has 1 aromatic heterocycles. The molecule has 3 unspecified atom stereocenters. The van der Waals surface area contributed by atoms with Crippen molar-refractivity contribution in [2.75, 3.05) is 11.1 Å². The predicted molar refractivity (Wildman–Crippen MR) is 68.2 cm³/mol. The van der Waals surface area contributed by atoms with Gasteiger partial charge in [0.2, 0.25) is 5.82 Å². The summed E-state index contributed by atoms with van der Waals surface area (Å²) in [6.07, 6.45) is 5.12. The molecule has 0 spiro atoms. The van der Waals surface area contributed by atoms with E-state index in [0.29, 0.717) is 11.9 Å². The first-order chi connectivity index (χ1) is 8.63. The van der Waals surface area contributed by atoms with Gasteiger partial charge in [-0.3, -0.25) is 10.1 Å². The number of hydrogen-bond acceptors (Lipinski definition) is 5. The van der Waals surface area contributed by atoms with Gasteiger partial charge in [-0.25, -0.2) is 4.98 Å². The molecule has 2 bridgehead atoms. The molecule has 0 radical (unpaired) electrons. The van der Waals surface area contributed by atoms with E-state index in [4.69, 9.17) is 5.73 Å². The van der Waals surface area contributed by atoms with Crippen molar-refractivity contribution in [1.82, 2.24) is 4.98 Å². The van der Waals surface area contributed by atoms with Gasteiger partial charge in [0, 0.05) is 12.1 Å². The number of nitrogens with zero attached hydrogens (tertiary/aromatic N) is 2. The second-order valence-electron chi connectivity index (χ2n) is 5.28. The molecule has 2 saturated carbocycles. The molecule has 96 valence electrons. The zero-order valence-corrected chi connectivity index (χ0v) is 10.0. The Morgan fingerprint density at radius 3 is 2.78 bits per heavy atom. The Kier molecular flexibility index (Phi) is 2.57. The van der Waals surface area contributed by atoms with Gasteiger partial charge in [-0.15, -0.1) is 0 Å². The fourth-order valence-electron chi connectivity index (χ4n) is 3.31. The SMILES string of the molecule is Nc1nc(NC2CC3CCC2C3)ccc1[N+](=O)[O-]. The van der Waals surface area contributed by atoms with E-state index >= 15 is 0 Å². The van der Waals surface area contributed by atoms with Gasteiger partial charge in [0.05, 0.1) is 4.92 Å². The molecule has 0 aliphatic heterocycles. The van der Waals surface area contributed by atoms with Crippen molar-refractivity contribution in [3.8, 4) is 0 Å². The fourth-order valence-corrected chi connectivity index (χ4v) is 3.31. The first-order valence-corrected chi connectivity index (χ1v) is 6.31. The minimum Gasteiger partial charge on any atom is -0.378 e. The number of fused-ring (bicyclic) bond motifs is 2. The molecular weight excluding hydrogens is 232 g/mol. The molecule has 0 aromatic carbocycles. The molecule has 18 heavy (non-hydrogen) atoms. The molecule has 1 aromatic rings. The van der Waals surface area contributed by atoms with Gasteiger partial charge in [-0.1, -0.05) is 6.42 Å². The van der Waals surface area contributed by atoms with Gasteiger partial charge in [0.15, 0.2) is 0 Å². The monoisotopic (exact) mass is 248 g/mol. The van der Waals surface area contributed by atoms with Crippen LogP contribution in [-0.2, 0) is 0 Å². The zero-order chi connectivity index (χ0) is 12.7. The number of hydrogen-bond donors (Lipinski definition) is 2. The lowest BCUT2D eigenvalue weighted by Gasteiger charge is -2.23. The van der Waals surface area contributed by atoms with Crippen LogP contribution in [0.5, 0.6) is 0 Å². The topological polar surface area (TPSA) is 94.1 Å². The Morgan fingerprint density at radius 2 is 2.22 bits per heavy atom. The summed E-state index contributed by atoms with van der Waals surface area (Å²) in [5.41, 5.74) is 5.45. The van der Waals surface area contributed by atoms with Gasteiger partial charge in [0.25, 0.3) is 0 Å². The number of nitrogens with one attached hydrogen (secondary N) is 1. The number of pyridine rings is 1. The average molecular weight is 248 g/mol. The number of rotatable bonds is 3. The van der Waals surface area contributed by atoms with Crippen LogP contribution in [0.1, 0.15) is 25.7 Å². The third kappa shape index (κ3) is 1.87. The van der Waals surface area contributed by atoms with Gasteiger partial charge in [-0.05, 0) is 37.2 Å². The molecule has 3 atom stereocenters. The third-order valence-corrected chi connectivity index (χ3v) is 4.17. The Morgan fingerprint density at radius 1 is 1.39 bits per heavy atom. The van der Waals surface area contributed by atoms with Crippen LogP contribution < -0.4 is 11.1 Å². The van der Waals surface area contributed by atoms with E-state index in [0.717, 1.165) is 11.8 Å². The zero-order valence-electron chi connectivity index (χ0n) is 10.0. The molecule has 6 heteroatoms. The van der Waals surface area contributed by atoms with E-state index in [1.165, 1.54) is 31.7 Å². The van der Waals surface area contributed by atoms with Gasteiger partial charge >= 0.3 is 5.69 Å². The second-order valence-corrected chi connectivity index (χ2v) is 5.28. The van der Waals surface area contributed by atoms with E-state index in [1.807, 2.05) is 0 Å². The summed E-state index contributed by atoms with van der Waals surface area (Å²) in [5.74, 6) is 2.21. The Hall–Kier alpha value is -1.85. The predicted octanol–water partition coefficient (Wildman–Crippen LogP) is 2.17. The van der Waals surface area contributed by atoms with Crippen LogP contribution in [0.25, 0.3) is 0 Å². The van der Waals surface area contributed by atoms with Crippen molar-refractivity contribution >= 4 is 17.3 Å². The molecular formula is C12H16N4O2. The van der Waals surface area contributed by atoms with E-state index < -0.39 is 4.92 Å².